The van der Waals surface area contributed by atoms with E-state index < -0.39 is 11.9 Å². The van der Waals surface area contributed by atoms with Crippen LogP contribution in [0.25, 0.3) is 11.4 Å². The van der Waals surface area contributed by atoms with Gasteiger partial charge >= 0.3 is 6.18 Å². The van der Waals surface area contributed by atoms with E-state index in [-0.39, 0.29) is 12.4 Å². The highest BCUT2D eigenvalue weighted by molar-refractivity contribution is 7.98. The first-order valence-corrected chi connectivity index (χ1v) is 8.36. The number of benzene rings is 1. The second-order valence-corrected chi connectivity index (χ2v) is 5.91. The molecule has 3 rings (SSSR count). The third-order valence-electron chi connectivity index (χ3n) is 3.37. The van der Waals surface area contributed by atoms with E-state index in [0.717, 1.165) is 12.3 Å². The lowest BCUT2D eigenvalue weighted by atomic mass is 10.2. The Labute approximate surface area is 144 Å². The largest absolute Gasteiger partial charge is 0.433 e. The van der Waals surface area contributed by atoms with Gasteiger partial charge in [0.05, 0.1) is 6.54 Å². The summed E-state index contributed by atoms with van der Waals surface area (Å²) in [7, 11) is 0. The molecule has 9 heteroatoms. The molecule has 0 atom stereocenters. The van der Waals surface area contributed by atoms with Gasteiger partial charge in [0.15, 0.2) is 11.0 Å². The van der Waals surface area contributed by atoms with Crippen LogP contribution in [0.3, 0.4) is 0 Å². The fourth-order valence-electron chi connectivity index (χ4n) is 2.20. The number of nitrogens with zero attached hydrogens (tertiary/aromatic N) is 4. The van der Waals surface area contributed by atoms with Crippen molar-refractivity contribution in [1.82, 2.24) is 19.7 Å². The number of pyridine rings is 1. The average Bonchev–Trinajstić information content (AvgIpc) is 2.98. The smallest absolute Gasteiger partial charge is 0.252 e. The van der Waals surface area contributed by atoms with Crippen LogP contribution in [0, 0.1) is 5.82 Å². The molecule has 0 fully saturated rings. The van der Waals surface area contributed by atoms with Crippen LogP contribution in [-0.2, 0) is 12.7 Å². The molecule has 0 saturated heterocycles. The van der Waals surface area contributed by atoms with Crippen LogP contribution in [-0.4, -0.2) is 26.0 Å². The molecule has 2 aromatic heterocycles. The number of rotatable bonds is 4. The number of hydrogen-bond donors (Lipinski definition) is 0. The molecule has 0 unspecified atom stereocenters. The summed E-state index contributed by atoms with van der Waals surface area (Å²) < 4.78 is 52.9. The maximum absolute atomic E-state index is 13.0. The van der Waals surface area contributed by atoms with Crippen LogP contribution in [0.2, 0.25) is 0 Å². The van der Waals surface area contributed by atoms with Gasteiger partial charge in [0, 0.05) is 11.8 Å². The summed E-state index contributed by atoms with van der Waals surface area (Å²) in [5, 5.41) is 4.87. The molecule has 0 aliphatic heterocycles. The molecule has 0 aliphatic carbocycles. The number of alkyl halides is 3. The monoisotopic (exact) mass is 368 g/mol. The third kappa shape index (κ3) is 3.98. The molecule has 0 radical (unpaired) electrons. The Kier molecular flexibility index (Phi) is 4.76. The summed E-state index contributed by atoms with van der Waals surface area (Å²) in [6.07, 6.45) is -1.59. The Morgan fingerprint density at radius 2 is 1.84 bits per heavy atom. The highest BCUT2D eigenvalue weighted by Gasteiger charge is 2.32. The topological polar surface area (TPSA) is 43.6 Å². The molecule has 1 aromatic carbocycles. The minimum absolute atomic E-state index is 0.121. The Balaban J connectivity index is 1.91. The minimum atomic E-state index is -4.50. The quantitative estimate of drug-likeness (QED) is 0.510. The number of thioether (sulfide) groups is 1. The highest BCUT2D eigenvalue weighted by atomic mass is 32.2. The summed E-state index contributed by atoms with van der Waals surface area (Å²) in [5.41, 5.74) is 0.0870. The van der Waals surface area contributed by atoms with Gasteiger partial charge in [0.1, 0.15) is 11.5 Å². The van der Waals surface area contributed by atoms with Gasteiger partial charge in [-0.05, 0) is 48.2 Å². The van der Waals surface area contributed by atoms with Crippen molar-refractivity contribution in [3.63, 3.8) is 0 Å². The minimum Gasteiger partial charge on any atom is -0.252 e. The van der Waals surface area contributed by atoms with Crippen molar-refractivity contribution >= 4 is 11.8 Å². The van der Waals surface area contributed by atoms with Crippen LogP contribution < -0.4 is 0 Å². The molecule has 0 aliphatic rings. The van der Waals surface area contributed by atoms with Gasteiger partial charge < -0.3 is 0 Å². The van der Waals surface area contributed by atoms with Crippen molar-refractivity contribution in [3.8, 4) is 11.4 Å². The molecule has 25 heavy (non-hydrogen) atoms. The van der Waals surface area contributed by atoms with E-state index in [4.69, 9.17) is 0 Å². The van der Waals surface area contributed by atoms with Crippen molar-refractivity contribution in [2.45, 2.75) is 17.9 Å². The molecule has 2 heterocycles. The van der Waals surface area contributed by atoms with E-state index in [0.29, 0.717) is 22.1 Å². The van der Waals surface area contributed by atoms with Gasteiger partial charge in [-0.25, -0.2) is 14.1 Å². The summed E-state index contributed by atoms with van der Waals surface area (Å²) in [6, 6.07) is 8.18. The van der Waals surface area contributed by atoms with Crippen molar-refractivity contribution in [3.05, 3.63) is 59.7 Å². The Bertz CT molecular complexity index is 875. The van der Waals surface area contributed by atoms with E-state index in [1.807, 2.05) is 0 Å². The summed E-state index contributed by atoms with van der Waals surface area (Å²) in [5.74, 6) is 0.0131. The predicted octanol–water partition coefficient (Wildman–Crippen LogP) is 4.27. The van der Waals surface area contributed by atoms with Gasteiger partial charge in [-0.15, -0.1) is 5.10 Å². The lowest BCUT2D eigenvalue weighted by Gasteiger charge is -2.08. The van der Waals surface area contributed by atoms with Gasteiger partial charge in [-0.1, -0.05) is 11.8 Å². The van der Waals surface area contributed by atoms with E-state index in [1.54, 1.807) is 18.4 Å². The molecule has 0 saturated carbocycles. The van der Waals surface area contributed by atoms with Gasteiger partial charge in [-0.3, -0.25) is 4.98 Å². The van der Waals surface area contributed by atoms with Crippen molar-refractivity contribution in [1.29, 1.82) is 0 Å². The first kappa shape index (κ1) is 17.4. The maximum Gasteiger partial charge on any atom is 0.433 e. The van der Waals surface area contributed by atoms with E-state index >= 15 is 0 Å². The third-order valence-corrected chi connectivity index (χ3v) is 4.04. The second kappa shape index (κ2) is 6.83. The maximum atomic E-state index is 13.0. The SMILES string of the molecule is CSc1nc(-c2ccc(F)cc2)nn1Cc1ccnc(C(F)(F)F)c1. The second-order valence-electron chi connectivity index (χ2n) is 5.13. The Morgan fingerprint density at radius 1 is 1.12 bits per heavy atom. The zero-order valence-electron chi connectivity index (χ0n) is 13.0. The van der Waals surface area contributed by atoms with Crippen LogP contribution in [0.15, 0.2) is 47.8 Å². The zero-order chi connectivity index (χ0) is 18.0. The predicted molar refractivity (Wildman–Crippen MR) is 85.5 cm³/mol. The molecule has 3 aromatic rings. The fraction of sp³-hybridized carbons (Fsp3) is 0.188. The van der Waals surface area contributed by atoms with Crippen LogP contribution in [0.4, 0.5) is 17.6 Å². The van der Waals surface area contributed by atoms with Crippen LogP contribution in [0.5, 0.6) is 0 Å². The first-order chi connectivity index (χ1) is 11.9. The molecule has 0 bridgehead atoms. The molecule has 130 valence electrons. The Hall–Kier alpha value is -2.42. The molecule has 0 spiro atoms. The van der Waals surface area contributed by atoms with Gasteiger partial charge in [0.2, 0.25) is 0 Å². The van der Waals surface area contributed by atoms with Gasteiger partial charge in [-0.2, -0.15) is 13.2 Å². The standard InChI is InChI=1S/C16H12F4N4S/c1-25-15-22-14(11-2-4-12(17)5-3-11)23-24(15)9-10-6-7-21-13(8-10)16(18,19)20/h2-8H,9H2,1H3. The lowest BCUT2D eigenvalue weighted by molar-refractivity contribution is -0.141. The summed E-state index contributed by atoms with van der Waals surface area (Å²) in [4.78, 5) is 7.70. The highest BCUT2D eigenvalue weighted by Crippen LogP contribution is 2.28. The van der Waals surface area contributed by atoms with E-state index in [1.165, 1.54) is 34.6 Å². The molecule has 0 amide bonds. The van der Waals surface area contributed by atoms with E-state index in [2.05, 4.69) is 15.1 Å². The van der Waals surface area contributed by atoms with Crippen molar-refractivity contribution < 1.29 is 17.6 Å². The van der Waals surface area contributed by atoms with E-state index in [9.17, 15) is 17.6 Å². The van der Waals surface area contributed by atoms with Crippen molar-refractivity contribution in [2.24, 2.45) is 0 Å². The lowest BCUT2D eigenvalue weighted by Crippen LogP contribution is -2.10. The zero-order valence-corrected chi connectivity index (χ0v) is 13.8. The van der Waals surface area contributed by atoms with Gasteiger partial charge in [0.25, 0.3) is 0 Å². The number of halogens is 4. The normalized spacial score (nSPS) is 11.7. The summed E-state index contributed by atoms with van der Waals surface area (Å²) in [6.45, 7) is 0.121. The molecule has 0 N–H and O–H groups in total. The Morgan fingerprint density at radius 3 is 2.48 bits per heavy atom. The van der Waals surface area contributed by atoms with Crippen molar-refractivity contribution in [2.75, 3.05) is 6.26 Å². The molecular weight excluding hydrogens is 356 g/mol. The summed E-state index contributed by atoms with van der Waals surface area (Å²) >= 11 is 1.32. The molecule has 4 nitrogen and oxygen atoms in total. The molecular formula is C16H12F4N4S. The fourth-order valence-corrected chi connectivity index (χ4v) is 2.70. The van der Waals surface area contributed by atoms with Crippen LogP contribution in [0.1, 0.15) is 11.3 Å². The first-order valence-electron chi connectivity index (χ1n) is 7.14. The number of aromatic nitrogens is 4. The number of hydrogen-bond acceptors (Lipinski definition) is 4. The average molecular weight is 368 g/mol. The van der Waals surface area contributed by atoms with Crippen LogP contribution >= 0.6 is 11.8 Å².